The number of alkyl halides is 5. The van der Waals surface area contributed by atoms with Gasteiger partial charge in [-0.2, -0.15) is 13.2 Å². The molecule has 112 valence electrons. The summed E-state index contributed by atoms with van der Waals surface area (Å²) in [6, 6.07) is 0.459. The van der Waals surface area contributed by atoms with E-state index in [4.69, 9.17) is 0 Å². The predicted octanol–water partition coefficient (Wildman–Crippen LogP) is 3.75. The van der Waals surface area contributed by atoms with Gasteiger partial charge in [0, 0.05) is 0 Å². The Morgan fingerprint density at radius 3 is 2.50 bits per heavy atom. The van der Waals surface area contributed by atoms with Gasteiger partial charge in [-0.15, -0.1) is 0 Å². The van der Waals surface area contributed by atoms with Gasteiger partial charge in [0.15, 0.2) is 0 Å². The van der Waals surface area contributed by atoms with E-state index in [0.29, 0.717) is 6.07 Å². The highest BCUT2D eigenvalue weighted by Crippen LogP contribution is 2.38. The normalized spacial score (nSPS) is 11.8. The number of halogens is 6. The topological polar surface area (TPSA) is 39.2 Å². The van der Waals surface area contributed by atoms with Crippen LogP contribution in [0.4, 0.5) is 22.0 Å². The van der Waals surface area contributed by atoms with Crippen LogP contribution in [0.3, 0.4) is 0 Å². The number of esters is 1. The Labute approximate surface area is 124 Å². The summed E-state index contributed by atoms with van der Waals surface area (Å²) < 4.78 is 67.8. The standard InChI is InChI=1S/C11H9F5INO2/c1-2-20-7(19)4-5-3-6(11(14,15)16)8(9(12)13)10(17)18-5/h3,9H,2,4H2,1H3. The van der Waals surface area contributed by atoms with Crippen molar-refractivity contribution in [3.63, 3.8) is 0 Å². The lowest BCUT2D eigenvalue weighted by atomic mass is 10.1. The van der Waals surface area contributed by atoms with Crippen LogP contribution in [0, 0.1) is 3.70 Å². The second kappa shape index (κ2) is 6.64. The van der Waals surface area contributed by atoms with Crippen molar-refractivity contribution in [1.29, 1.82) is 0 Å². The van der Waals surface area contributed by atoms with Crippen molar-refractivity contribution in [2.45, 2.75) is 25.9 Å². The van der Waals surface area contributed by atoms with Gasteiger partial charge in [0.25, 0.3) is 6.43 Å². The molecule has 0 aliphatic rings. The Morgan fingerprint density at radius 2 is 2.05 bits per heavy atom. The van der Waals surface area contributed by atoms with Crippen LogP contribution in [0.25, 0.3) is 0 Å². The van der Waals surface area contributed by atoms with Crippen molar-refractivity contribution in [1.82, 2.24) is 4.98 Å². The van der Waals surface area contributed by atoms with Gasteiger partial charge in [0.05, 0.1) is 29.8 Å². The number of hydrogen-bond donors (Lipinski definition) is 0. The lowest BCUT2D eigenvalue weighted by Gasteiger charge is -2.15. The van der Waals surface area contributed by atoms with Gasteiger partial charge in [-0.1, -0.05) is 0 Å². The average molecular weight is 409 g/mol. The molecule has 0 unspecified atom stereocenters. The van der Waals surface area contributed by atoms with Crippen LogP contribution < -0.4 is 0 Å². The molecule has 0 saturated heterocycles. The lowest BCUT2D eigenvalue weighted by molar-refractivity contribution is -0.143. The third-order valence-corrected chi connectivity index (χ3v) is 3.04. The first-order chi connectivity index (χ1) is 9.16. The molecule has 9 heteroatoms. The molecule has 0 aliphatic heterocycles. The minimum atomic E-state index is -4.95. The number of carbonyl (C=O) groups is 1. The predicted molar refractivity (Wildman–Crippen MR) is 67.3 cm³/mol. The number of hydrogen-bond acceptors (Lipinski definition) is 3. The highest BCUT2D eigenvalue weighted by molar-refractivity contribution is 14.1. The van der Waals surface area contributed by atoms with Crippen molar-refractivity contribution < 1.29 is 31.5 Å². The molecule has 0 spiro atoms. The largest absolute Gasteiger partial charge is 0.466 e. The van der Waals surface area contributed by atoms with Crippen LogP contribution >= 0.6 is 22.6 Å². The summed E-state index contributed by atoms with van der Waals surface area (Å²) in [7, 11) is 0. The van der Waals surface area contributed by atoms with Crippen LogP contribution in [-0.2, 0) is 22.1 Å². The van der Waals surface area contributed by atoms with Crippen molar-refractivity contribution in [3.8, 4) is 0 Å². The number of ether oxygens (including phenoxy) is 1. The summed E-state index contributed by atoms with van der Waals surface area (Å²) in [4.78, 5) is 14.8. The Bertz CT molecular complexity index is 504. The number of nitrogens with zero attached hydrogens (tertiary/aromatic N) is 1. The zero-order valence-corrected chi connectivity index (χ0v) is 12.3. The summed E-state index contributed by atoms with van der Waals surface area (Å²) >= 11 is 1.29. The maximum atomic E-state index is 12.8. The first-order valence-corrected chi connectivity index (χ1v) is 6.45. The molecule has 0 fully saturated rings. The van der Waals surface area contributed by atoms with Crippen LogP contribution in [0.1, 0.15) is 30.2 Å². The summed E-state index contributed by atoms with van der Waals surface area (Å²) in [6.45, 7) is 1.60. The van der Waals surface area contributed by atoms with E-state index in [1.807, 2.05) is 0 Å². The maximum absolute atomic E-state index is 12.8. The molecule has 3 nitrogen and oxygen atoms in total. The van der Waals surface area contributed by atoms with Crippen molar-refractivity contribution in [3.05, 3.63) is 26.6 Å². The van der Waals surface area contributed by atoms with E-state index < -0.39 is 39.8 Å². The van der Waals surface area contributed by atoms with Gasteiger partial charge in [0.2, 0.25) is 0 Å². The molecule has 0 aromatic carbocycles. The minimum absolute atomic E-state index is 0.0666. The molecule has 20 heavy (non-hydrogen) atoms. The molecule has 0 N–H and O–H groups in total. The summed E-state index contributed by atoms with van der Waals surface area (Å²) in [5.41, 5.74) is -2.92. The monoisotopic (exact) mass is 409 g/mol. The lowest BCUT2D eigenvalue weighted by Crippen LogP contribution is -2.16. The summed E-state index contributed by atoms with van der Waals surface area (Å²) in [6.07, 6.45) is -8.75. The van der Waals surface area contributed by atoms with E-state index in [-0.39, 0.29) is 12.3 Å². The summed E-state index contributed by atoms with van der Waals surface area (Å²) in [5, 5.41) is 0. The summed E-state index contributed by atoms with van der Waals surface area (Å²) in [5.74, 6) is -0.770. The van der Waals surface area contributed by atoms with Gasteiger partial charge in [0.1, 0.15) is 3.70 Å². The van der Waals surface area contributed by atoms with Gasteiger partial charge in [-0.05, 0) is 35.6 Å². The van der Waals surface area contributed by atoms with Crippen LogP contribution in [0.2, 0.25) is 0 Å². The fourth-order valence-corrected chi connectivity index (χ4v) is 2.30. The molecule has 0 bridgehead atoms. The number of aromatic nitrogens is 1. The van der Waals surface area contributed by atoms with E-state index in [0.717, 1.165) is 0 Å². The maximum Gasteiger partial charge on any atom is 0.417 e. The minimum Gasteiger partial charge on any atom is -0.466 e. The molecule has 1 aromatic rings. The van der Waals surface area contributed by atoms with Gasteiger partial charge in [-0.25, -0.2) is 13.8 Å². The third kappa shape index (κ3) is 4.25. The molecule has 1 rings (SSSR count). The Hall–Kier alpha value is -1.00. The van der Waals surface area contributed by atoms with E-state index in [2.05, 4.69) is 9.72 Å². The van der Waals surface area contributed by atoms with Crippen LogP contribution in [-0.4, -0.2) is 17.6 Å². The number of pyridine rings is 1. The molecule has 0 aliphatic carbocycles. The molecular weight excluding hydrogens is 400 g/mol. The Kier molecular flexibility index (Phi) is 5.66. The van der Waals surface area contributed by atoms with E-state index in [1.54, 1.807) is 0 Å². The fourth-order valence-electron chi connectivity index (χ4n) is 1.47. The smallest absolute Gasteiger partial charge is 0.417 e. The molecule has 0 amide bonds. The zero-order chi connectivity index (χ0) is 15.5. The molecule has 0 saturated carbocycles. The molecule has 0 radical (unpaired) electrons. The average Bonchev–Trinajstić information content (AvgIpc) is 2.26. The van der Waals surface area contributed by atoms with Crippen LogP contribution in [0.15, 0.2) is 6.07 Å². The van der Waals surface area contributed by atoms with Crippen molar-refractivity contribution in [2.75, 3.05) is 6.61 Å². The second-order valence-electron chi connectivity index (χ2n) is 3.65. The van der Waals surface area contributed by atoms with Gasteiger partial charge >= 0.3 is 12.1 Å². The highest BCUT2D eigenvalue weighted by Gasteiger charge is 2.38. The Balaban J connectivity index is 3.25. The number of carbonyl (C=O) groups excluding carboxylic acids is 1. The van der Waals surface area contributed by atoms with E-state index in [9.17, 15) is 26.7 Å². The SMILES string of the molecule is CCOC(=O)Cc1cc(C(F)(F)F)c(C(F)F)c(I)n1. The molecule has 0 atom stereocenters. The molecular formula is C11H9F5INO2. The van der Waals surface area contributed by atoms with E-state index in [1.165, 1.54) is 29.5 Å². The van der Waals surface area contributed by atoms with E-state index >= 15 is 0 Å². The zero-order valence-electron chi connectivity index (χ0n) is 10.1. The second-order valence-corrected chi connectivity index (χ2v) is 4.67. The first-order valence-electron chi connectivity index (χ1n) is 5.37. The van der Waals surface area contributed by atoms with Gasteiger partial charge in [-0.3, -0.25) is 4.79 Å². The Morgan fingerprint density at radius 1 is 1.45 bits per heavy atom. The third-order valence-electron chi connectivity index (χ3n) is 2.22. The first kappa shape index (κ1) is 17.1. The van der Waals surface area contributed by atoms with Crippen LogP contribution in [0.5, 0.6) is 0 Å². The molecule has 1 heterocycles. The van der Waals surface area contributed by atoms with Crippen molar-refractivity contribution >= 4 is 28.6 Å². The molecule has 1 aromatic heterocycles. The highest BCUT2D eigenvalue weighted by atomic mass is 127. The number of rotatable bonds is 4. The quantitative estimate of drug-likeness (QED) is 0.329. The fraction of sp³-hybridized carbons (Fsp3) is 0.455. The van der Waals surface area contributed by atoms with Gasteiger partial charge < -0.3 is 4.74 Å². The van der Waals surface area contributed by atoms with Crippen molar-refractivity contribution in [2.24, 2.45) is 0 Å².